The summed E-state index contributed by atoms with van der Waals surface area (Å²) in [6, 6.07) is 6.16. The summed E-state index contributed by atoms with van der Waals surface area (Å²) in [5, 5.41) is 18.8. The minimum absolute atomic E-state index is 0.00695. The molecule has 1 heterocycles. The third-order valence-electron chi connectivity index (χ3n) is 2.43. The van der Waals surface area contributed by atoms with Gasteiger partial charge in [-0.25, -0.2) is 4.39 Å². The van der Waals surface area contributed by atoms with Crippen LogP contribution < -0.4 is 10.5 Å². The third kappa shape index (κ3) is 2.59. The number of ether oxygens (including phenoxy) is 1. The number of nitrogens with zero attached hydrogens (tertiary/aromatic N) is 3. The average molecular weight is 262 g/mol. The van der Waals surface area contributed by atoms with Crippen molar-refractivity contribution in [3.63, 3.8) is 0 Å². The second kappa shape index (κ2) is 5.30. The van der Waals surface area contributed by atoms with Crippen molar-refractivity contribution < 1.29 is 14.3 Å². The summed E-state index contributed by atoms with van der Waals surface area (Å²) in [7, 11) is 0. The van der Waals surface area contributed by atoms with Crippen molar-refractivity contribution >= 4 is 5.84 Å². The highest BCUT2D eigenvalue weighted by atomic mass is 19.1. The van der Waals surface area contributed by atoms with Crippen LogP contribution in [0, 0.1) is 12.7 Å². The molecule has 0 aliphatic heterocycles. The van der Waals surface area contributed by atoms with Crippen LogP contribution >= 0.6 is 0 Å². The van der Waals surface area contributed by atoms with E-state index in [1.54, 1.807) is 19.1 Å². The van der Waals surface area contributed by atoms with Crippen LogP contribution in [0.1, 0.15) is 11.1 Å². The van der Waals surface area contributed by atoms with Crippen LogP contribution in [0.25, 0.3) is 0 Å². The Labute approximate surface area is 108 Å². The standard InChI is InChI=1S/C12H11FN4O2/c1-7-3-2-4-9(10(7)13)19-12-8(11(14)17-18)5-6-15-16-12/h2-6,18H,1H3,(H2,14,17). The molecule has 98 valence electrons. The fourth-order valence-corrected chi connectivity index (χ4v) is 1.45. The third-order valence-corrected chi connectivity index (χ3v) is 2.43. The quantitative estimate of drug-likeness (QED) is 0.381. The van der Waals surface area contributed by atoms with E-state index in [0.717, 1.165) is 0 Å². The molecule has 6 nitrogen and oxygen atoms in total. The van der Waals surface area contributed by atoms with E-state index in [-0.39, 0.29) is 23.0 Å². The lowest BCUT2D eigenvalue weighted by Crippen LogP contribution is -2.15. The van der Waals surface area contributed by atoms with Gasteiger partial charge in [-0.1, -0.05) is 17.3 Å². The highest BCUT2D eigenvalue weighted by Crippen LogP contribution is 2.26. The van der Waals surface area contributed by atoms with Crippen LogP contribution in [-0.2, 0) is 0 Å². The first-order valence-corrected chi connectivity index (χ1v) is 5.36. The maximum absolute atomic E-state index is 13.8. The summed E-state index contributed by atoms with van der Waals surface area (Å²) in [6.45, 7) is 1.61. The summed E-state index contributed by atoms with van der Waals surface area (Å²) in [6.07, 6.45) is 1.35. The molecule has 0 aliphatic rings. The fourth-order valence-electron chi connectivity index (χ4n) is 1.45. The lowest BCUT2D eigenvalue weighted by atomic mass is 10.2. The smallest absolute Gasteiger partial charge is 0.250 e. The number of halogens is 1. The Morgan fingerprint density at radius 3 is 2.95 bits per heavy atom. The number of aromatic nitrogens is 2. The van der Waals surface area contributed by atoms with Crippen LogP contribution in [0.15, 0.2) is 35.6 Å². The Hall–Kier alpha value is -2.70. The highest BCUT2D eigenvalue weighted by molar-refractivity contribution is 5.98. The molecule has 1 aromatic heterocycles. The van der Waals surface area contributed by atoms with Crippen molar-refractivity contribution in [3.05, 3.63) is 47.4 Å². The zero-order valence-corrected chi connectivity index (χ0v) is 10.0. The van der Waals surface area contributed by atoms with Crippen LogP contribution in [0.3, 0.4) is 0 Å². The number of aryl methyl sites for hydroxylation is 1. The van der Waals surface area contributed by atoms with Gasteiger partial charge in [0.2, 0.25) is 5.88 Å². The van der Waals surface area contributed by atoms with Gasteiger partial charge in [-0.3, -0.25) is 0 Å². The number of hydrogen-bond donors (Lipinski definition) is 2. The molecule has 1 aromatic carbocycles. The zero-order valence-electron chi connectivity index (χ0n) is 10.0. The van der Waals surface area contributed by atoms with Gasteiger partial charge in [0.1, 0.15) is 0 Å². The number of benzene rings is 1. The molecular weight excluding hydrogens is 251 g/mol. The van der Waals surface area contributed by atoms with Crippen molar-refractivity contribution in [1.82, 2.24) is 10.2 Å². The van der Waals surface area contributed by atoms with Crippen molar-refractivity contribution in [1.29, 1.82) is 0 Å². The van der Waals surface area contributed by atoms with Crippen molar-refractivity contribution in [2.24, 2.45) is 10.9 Å². The summed E-state index contributed by atoms with van der Waals surface area (Å²) < 4.78 is 19.1. The van der Waals surface area contributed by atoms with Gasteiger partial charge in [0.05, 0.1) is 11.8 Å². The van der Waals surface area contributed by atoms with Gasteiger partial charge in [-0.05, 0) is 24.6 Å². The van der Waals surface area contributed by atoms with E-state index in [1.807, 2.05) is 0 Å². The number of hydrogen-bond acceptors (Lipinski definition) is 5. The number of nitrogens with two attached hydrogens (primary N) is 1. The summed E-state index contributed by atoms with van der Waals surface area (Å²) in [4.78, 5) is 0. The molecule has 0 amide bonds. The van der Waals surface area contributed by atoms with E-state index in [9.17, 15) is 4.39 Å². The van der Waals surface area contributed by atoms with Crippen molar-refractivity contribution in [3.8, 4) is 11.6 Å². The second-order valence-electron chi connectivity index (χ2n) is 3.72. The molecule has 0 saturated heterocycles. The topological polar surface area (TPSA) is 93.6 Å². The lowest BCUT2D eigenvalue weighted by Gasteiger charge is -2.09. The van der Waals surface area contributed by atoms with Gasteiger partial charge in [-0.15, -0.1) is 5.10 Å². The fraction of sp³-hybridized carbons (Fsp3) is 0.0833. The molecule has 2 rings (SSSR count). The van der Waals surface area contributed by atoms with Gasteiger partial charge in [0, 0.05) is 0 Å². The van der Waals surface area contributed by atoms with Gasteiger partial charge in [-0.2, -0.15) is 5.10 Å². The Kier molecular flexibility index (Phi) is 3.56. The van der Waals surface area contributed by atoms with Crippen LogP contribution in [0.4, 0.5) is 4.39 Å². The molecule has 19 heavy (non-hydrogen) atoms. The molecule has 0 bridgehead atoms. The Morgan fingerprint density at radius 2 is 2.21 bits per heavy atom. The lowest BCUT2D eigenvalue weighted by molar-refractivity contribution is 0.318. The summed E-state index contributed by atoms with van der Waals surface area (Å²) in [5.41, 5.74) is 6.13. The molecule has 0 unspecified atom stereocenters. The maximum Gasteiger partial charge on any atom is 0.250 e. The first kappa shape index (κ1) is 12.7. The van der Waals surface area contributed by atoms with Crippen LogP contribution in [0.5, 0.6) is 11.6 Å². The largest absolute Gasteiger partial charge is 0.434 e. The molecule has 0 fully saturated rings. The molecule has 0 saturated carbocycles. The molecule has 7 heteroatoms. The van der Waals surface area contributed by atoms with Crippen molar-refractivity contribution in [2.75, 3.05) is 0 Å². The van der Waals surface area contributed by atoms with Crippen LogP contribution in [0.2, 0.25) is 0 Å². The maximum atomic E-state index is 13.8. The first-order valence-electron chi connectivity index (χ1n) is 5.36. The second-order valence-corrected chi connectivity index (χ2v) is 3.72. The number of oxime groups is 1. The summed E-state index contributed by atoms with van der Waals surface area (Å²) in [5.74, 6) is -0.744. The van der Waals surface area contributed by atoms with E-state index in [2.05, 4.69) is 15.4 Å². The van der Waals surface area contributed by atoms with Crippen molar-refractivity contribution in [2.45, 2.75) is 6.92 Å². The van der Waals surface area contributed by atoms with Gasteiger partial charge in [0.25, 0.3) is 0 Å². The molecule has 2 aromatic rings. The normalized spacial score (nSPS) is 11.4. The average Bonchev–Trinajstić information content (AvgIpc) is 2.43. The number of amidine groups is 1. The Balaban J connectivity index is 2.42. The van der Waals surface area contributed by atoms with E-state index >= 15 is 0 Å². The first-order chi connectivity index (χ1) is 9.13. The minimum atomic E-state index is -0.501. The van der Waals surface area contributed by atoms with Crippen LogP contribution in [-0.4, -0.2) is 21.2 Å². The van der Waals surface area contributed by atoms with E-state index in [4.69, 9.17) is 15.7 Å². The monoisotopic (exact) mass is 262 g/mol. The molecule has 0 radical (unpaired) electrons. The van der Waals surface area contributed by atoms with Gasteiger partial charge in [0.15, 0.2) is 17.4 Å². The molecule has 0 atom stereocenters. The predicted molar refractivity (Wildman–Crippen MR) is 65.8 cm³/mol. The molecule has 3 N–H and O–H groups in total. The van der Waals surface area contributed by atoms with Gasteiger partial charge < -0.3 is 15.7 Å². The SMILES string of the molecule is Cc1cccc(Oc2nnccc2/C(N)=N/O)c1F. The zero-order chi connectivity index (χ0) is 13.8. The molecule has 0 spiro atoms. The van der Waals surface area contributed by atoms with Gasteiger partial charge >= 0.3 is 0 Å². The van der Waals surface area contributed by atoms with E-state index in [0.29, 0.717) is 5.56 Å². The van der Waals surface area contributed by atoms with E-state index in [1.165, 1.54) is 18.3 Å². The Bertz CT molecular complexity index is 631. The molecular formula is C12H11FN4O2. The minimum Gasteiger partial charge on any atom is -0.434 e. The van der Waals surface area contributed by atoms with E-state index < -0.39 is 5.82 Å². The number of rotatable bonds is 3. The summed E-state index contributed by atoms with van der Waals surface area (Å²) >= 11 is 0. The molecule has 0 aliphatic carbocycles. The Morgan fingerprint density at radius 1 is 1.42 bits per heavy atom. The predicted octanol–water partition coefficient (Wildman–Crippen LogP) is 1.81. The highest BCUT2D eigenvalue weighted by Gasteiger charge is 2.14.